The molecule has 2 N–H and O–H groups in total. The van der Waals surface area contributed by atoms with Gasteiger partial charge in [-0.25, -0.2) is 0 Å². The predicted molar refractivity (Wildman–Crippen MR) is 61.8 cm³/mol. The van der Waals surface area contributed by atoms with Crippen LogP contribution in [0.4, 0.5) is 0 Å². The van der Waals surface area contributed by atoms with Crippen LogP contribution in [0.5, 0.6) is 0 Å². The number of hydrogen-bond acceptors (Lipinski definition) is 3. The highest BCUT2D eigenvalue weighted by Crippen LogP contribution is 1.97. The summed E-state index contributed by atoms with van der Waals surface area (Å²) < 4.78 is 0. The van der Waals surface area contributed by atoms with E-state index in [1.807, 2.05) is 13.8 Å². The summed E-state index contributed by atoms with van der Waals surface area (Å²) in [6.45, 7) is 9.43. The lowest BCUT2D eigenvalue weighted by molar-refractivity contribution is -0.121. The van der Waals surface area contributed by atoms with E-state index in [1.54, 1.807) is 0 Å². The zero-order chi connectivity index (χ0) is 11.1. The molecule has 4 heteroatoms. The van der Waals surface area contributed by atoms with E-state index in [1.165, 1.54) is 0 Å². The van der Waals surface area contributed by atoms with Gasteiger partial charge in [-0.1, -0.05) is 0 Å². The SMILES string of the molecule is CC(C)NC(=O)CCCN1CCNCC1. The van der Waals surface area contributed by atoms with Gasteiger partial charge < -0.3 is 15.5 Å². The maximum absolute atomic E-state index is 11.4. The van der Waals surface area contributed by atoms with Gasteiger partial charge in [0.05, 0.1) is 0 Å². The van der Waals surface area contributed by atoms with Crippen LogP contribution in [0.3, 0.4) is 0 Å². The Morgan fingerprint density at radius 3 is 2.67 bits per heavy atom. The normalized spacial score (nSPS) is 18.1. The second kappa shape index (κ2) is 6.80. The van der Waals surface area contributed by atoms with Gasteiger partial charge in [0, 0.05) is 38.6 Å². The Hall–Kier alpha value is -0.610. The third kappa shape index (κ3) is 5.74. The molecule has 0 atom stereocenters. The molecule has 1 rings (SSSR count). The lowest BCUT2D eigenvalue weighted by Crippen LogP contribution is -2.44. The average molecular weight is 213 g/mol. The Morgan fingerprint density at radius 1 is 1.40 bits per heavy atom. The largest absolute Gasteiger partial charge is 0.354 e. The molecule has 88 valence electrons. The van der Waals surface area contributed by atoms with Crippen molar-refractivity contribution in [3.05, 3.63) is 0 Å². The van der Waals surface area contributed by atoms with E-state index < -0.39 is 0 Å². The molecule has 0 unspecified atom stereocenters. The fourth-order valence-corrected chi connectivity index (χ4v) is 1.79. The first-order chi connectivity index (χ1) is 7.18. The summed E-state index contributed by atoms with van der Waals surface area (Å²) in [5, 5.41) is 6.23. The van der Waals surface area contributed by atoms with Crippen molar-refractivity contribution in [2.24, 2.45) is 0 Å². The molecule has 0 aliphatic carbocycles. The van der Waals surface area contributed by atoms with Gasteiger partial charge in [0.2, 0.25) is 5.91 Å². The Morgan fingerprint density at radius 2 is 2.07 bits per heavy atom. The van der Waals surface area contributed by atoms with Gasteiger partial charge in [0.15, 0.2) is 0 Å². The van der Waals surface area contributed by atoms with Gasteiger partial charge in [-0.05, 0) is 26.8 Å². The summed E-state index contributed by atoms with van der Waals surface area (Å²) in [5.74, 6) is 0.181. The molecule has 1 fully saturated rings. The van der Waals surface area contributed by atoms with Crippen LogP contribution >= 0.6 is 0 Å². The van der Waals surface area contributed by atoms with E-state index in [-0.39, 0.29) is 11.9 Å². The van der Waals surface area contributed by atoms with Crippen molar-refractivity contribution in [3.8, 4) is 0 Å². The summed E-state index contributed by atoms with van der Waals surface area (Å²) in [7, 11) is 0. The number of amides is 1. The Bertz CT molecular complexity index is 188. The maximum Gasteiger partial charge on any atom is 0.220 e. The lowest BCUT2D eigenvalue weighted by atomic mass is 10.2. The Kier molecular flexibility index (Phi) is 5.65. The standard InChI is InChI=1S/C11H23N3O/c1-10(2)13-11(15)4-3-7-14-8-5-12-6-9-14/h10,12H,3-9H2,1-2H3,(H,13,15). The second-order valence-electron chi connectivity index (χ2n) is 4.42. The number of rotatable bonds is 5. The molecule has 1 saturated heterocycles. The fraction of sp³-hybridized carbons (Fsp3) is 0.909. The number of carbonyl (C=O) groups excluding carboxylic acids is 1. The van der Waals surface area contributed by atoms with E-state index in [4.69, 9.17) is 0 Å². The minimum absolute atomic E-state index is 0.181. The average Bonchev–Trinajstić information content (AvgIpc) is 2.18. The Labute approximate surface area is 92.4 Å². The lowest BCUT2D eigenvalue weighted by Gasteiger charge is -2.26. The molecule has 1 heterocycles. The summed E-state index contributed by atoms with van der Waals surface area (Å²) in [5.41, 5.74) is 0. The molecule has 0 saturated carbocycles. The van der Waals surface area contributed by atoms with Crippen LogP contribution in [-0.2, 0) is 4.79 Å². The minimum atomic E-state index is 0.181. The molecule has 0 radical (unpaired) electrons. The number of carbonyl (C=O) groups is 1. The maximum atomic E-state index is 11.4. The van der Waals surface area contributed by atoms with Crippen molar-refractivity contribution in [1.82, 2.24) is 15.5 Å². The van der Waals surface area contributed by atoms with Crippen molar-refractivity contribution in [2.75, 3.05) is 32.7 Å². The monoisotopic (exact) mass is 213 g/mol. The summed E-state index contributed by atoms with van der Waals surface area (Å²) in [4.78, 5) is 13.8. The second-order valence-corrected chi connectivity index (χ2v) is 4.42. The zero-order valence-corrected chi connectivity index (χ0v) is 9.88. The van der Waals surface area contributed by atoms with Crippen LogP contribution < -0.4 is 10.6 Å². The van der Waals surface area contributed by atoms with Crippen molar-refractivity contribution in [3.63, 3.8) is 0 Å². The van der Waals surface area contributed by atoms with Gasteiger partial charge in [0.1, 0.15) is 0 Å². The molecule has 0 bridgehead atoms. The van der Waals surface area contributed by atoms with Gasteiger partial charge in [-0.15, -0.1) is 0 Å². The van der Waals surface area contributed by atoms with Crippen LogP contribution in [0.1, 0.15) is 26.7 Å². The zero-order valence-electron chi connectivity index (χ0n) is 9.88. The van der Waals surface area contributed by atoms with Gasteiger partial charge >= 0.3 is 0 Å². The van der Waals surface area contributed by atoms with Crippen molar-refractivity contribution in [1.29, 1.82) is 0 Å². The molecule has 4 nitrogen and oxygen atoms in total. The molecular formula is C11H23N3O. The first-order valence-corrected chi connectivity index (χ1v) is 5.91. The highest BCUT2D eigenvalue weighted by Gasteiger charge is 2.09. The van der Waals surface area contributed by atoms with Crippen LogP contribution in [0.25, 0.3) is 0 Å². The van der Waals surface area contributed by atoms with Crippen LogP contribution in [0, 0.1) is 0 Å². The molecule has 0 aromatic heterocycles. The quantitative estimate of drug-likeness (QED) is 0.685. The first kappa shape index (κ1) is 12.5. The first-order valence-electron chi connectivity index (χ1n) is 5.91. The molecular weight excluding hydrogens is 190 g/mol. The molecule has 15 heavy (non-hydrogen) atoms. The fourth-order valence-electron chi connectivity index (χ4n) is 1.79. The summed E-state index contributed by atoms with van der Waals surface area (Å²) >= 11 is 0. The predicted octanol–water partition coefficient (Wildman–Crippen LogP) is 0.196. The van der Waals surface area contributed by atoms with Crippen LogP contribution in [0.2, 0.25) is 0 Å². The highest BCUT2D eigenvalue weighted by atomic mass is 16.1. The van der Waals surface area contributed by atoms with Gasteiger partial charge in [-0.2, -0.15) is 0 Å². The topological polar surface area (TPSA) is 44.4 Å². The van der Waals surface area contributed by atoms with Crippen molar-refractivity contribution >= 4 is 5.91 Å². The number of nitrogens with one attached hydrogen (secondary N) is 2. The van der Waals surface area contributed by atoms with Crippen LogP contribution in [0.15, 0.2) is 0 Å². The highest BCUT2D eigenvalue weighted by molar-refractivity contribution is 5.76. The number of nitrogens with zero attached hydrogens (tertiary/aromatic N) is 1. The smallest absolute Gasteiger partial charge is 0.220 e. The van der Waals surface area contributed by atoms with Crippen molar-refractivity contribution < 1.29 is 4.79 Å². The third-order valence-electron chi connectivity index (χ3n) is 2.54. The molecule has 0 spiro atoms. The van der Waals surface area contributed by atoms with Gasteiger partial charge in [0.25, 0.3) is 0 Å². The van der Waals surface area contributed by atoms with E-state index >= 15 is 0 Å². The van der Waals surface area contributed by atoms with E-state index in [0.29, 0.717) is 6.42 Å². The van der Waals surface area contributed by atoms with Crippen molar-refractivity contribution in [2.45, 2.75) is 32.7 Å². The number of hydrogen-bond donors (Lipinski definition) is 2. The van der Waals surface area contributed by atoms with E-state index in [0.717, 1.165) is 39.1 Å². The molecule has 0 aromatic rings. The van der Waals surface area contributed by atoms with Gasteiger partial charge in [-0.3, -0.25) is 4.79 Å². The summed E-state index contributed by atoms with van der Waals surface area (Å²) in [6.07, 6.45) is 1.63. The van der Waals surface area contributed by atoms with E-state index in [2.05, 4.69) is 15.5 Å². The molecule has 1 aliphatic heterocycles. The summed E-state index contributed by atoms with van der Waals surface area (Å²) in [6, 6.07) is 0.261. The van der Waals surface area contributed by atoms with Crippen LogP contribution in [-0.4, -0.2) is 49.6 Å². The molecule has 1 aliphatic rings. The molecule has 1 amide bonds. The van der Waals surface area contributed by atoms with E-state index in [9.17, 15) is 4.79 Å². The Balaban J connectivity index is 2.02. The number of piperazine rings is 1. The third-order valence-corrected chi connectivity index (χ3v) is 2.54. The molecule has 0 aromatic carbocycles. The minimum Gasteiger partial charge on any atom is -0.354 e.